The summed E-state index contributed by atoms with van der Waals surface area (Å²) >= 11 is 13.3. The highest BCUT2D eigenvalue weighted by Crippen LogP contribution is 2.26. The molecule has 0 radical (unpaired) electrons. The van der Waals surface area contributed by atoms with Crippen LogP contribution in [-0.4, -0.2) is 26.4 Å². The molecule has 0 atom stereocenters. The number of nitrogens with zero attached hydrogens (tertiary/aromatic N) is 3. The molecule has 0 bridgehead atoms. The Morgan fingerprint density at radius 1 is 1.50 bits per heavy atom. The summed E-state index contributed by atoms with van der Waals surface area (Å²) in [5.41, 5.74) is 1.16. The van der Waals surface area contributed by atoms with Gasteiger partial charge in [-0.15, -0.1) is 0 Å². The van der Waals surface area contributed by atoms with Crippen molar-refractivity contribution in [3.63, 3.8) is 0 Å². The van der Waals surface area contributed by atoms with Crippen LogP contribution in [0, 0.1) is 18.3 Å². The fourth-order valence-corrected chi connectivity index (χ4v) is 3.09. The summed E-state index contributed by atoms with van der Waals surface area (Å²) < 4.78 is 1.54. The van der Waals surface area contributed by atoms with Gasteiger partial charge in [0.25, 0.3) is 0 Å². The first kappa shape index (κ1) is 16.7. The predicted octanol–water partition coefficient (Wildman–Crippen LogP) is 3.86. The van der Waals surface area contributed by atoms with Gasteiger partial charge < -0.3 is 9.67 Å². The standard InChI is InChI=1S/C14H11Cl2N3O2S/c1-8-12(13(20)21)19(14(18-8)22-5-4-17)7-9-6-10(15)2-3-11(9)16/h2-3,6H,5,7H2,1H3,(H,20,21). The second kappa shape index (κ2) is 7.05. The van der Waals surface area contributed by atoms with Gasteiger partial charge in [0.05, 0.1) is 24.1 Å². The van der Waals surface area contributed by atoms with Crippen molar-refractivity contribution in [2.24, 2.45) is 0 Å². The van der Waals surface area contributed by atoms with Crippen LogP contribution in [-0.2, 0) is 6.54 Å². The van der Waals surface area contributed by atoms with E-state index in [4.69, 9.17) is 28.5 Å². The van der Waals surface area contributed by atoms with Crippen LogP contribution in [0.1, 0.15) is 21.7 Å². The Bertz CT molecular complexity index is 768. The first-order chi connectivity index (χ1) is 10.4. The molecule has 0 aliphatic carbocycles. The number of aromatic carboxylic acids is 1. The monoisotopic (exact) mass is 355 g/mol. The molecular weight excluding hydrogens is 345 g/mol. The van der Waals surface area contributed by atoms with Gasteiger partial charge in [-0.3, -0.25) is 0 Å². The molecule has 0 amide bonds. The third-order valence-corrected chi connectivity index (χ3v) is 4.36. The number of carboxylic acids is 1. The Hall–Kier alpha value is -1.68. The highest BCUT2D eigenvalue weighted by molar-refractivity contribution is 7.99. The van der Waals surface area contributed by atoms with Crippen molar-refractivity contribution < 1.29 is 9.90 Å². The van der Waals surface area contributed by atoms with Crippen LogP contribution >= 0.6 is 35.0 Å². The van der Waals surface area contributed by atoms with E-state index in [2.05, 4.69) is 4.98 Å². The molecule has 0 unspecified atom stereocenters. The van der Waals surface area contributed by atoms with Crippen LogP contribution < -0.4 is 0 Å². The molecule has 0 saturated heterocycles. The summed E-state index contributed by atoms with van der Waals surface area (Å²) in [5.74, 6) is -0.898. The largest absolute Gasteiger partial charge is 0.477 e. The number of aryl methyl sites for hydroxylation is 1. The Labute approximate surface area is 141 Å². The molecule has 1 N–H and O–H groups in total. The number of imidazole rings is 1. The van der Waals surface area contributed by atoms with Crippen LogP contribution in [0.5, 0.6) is 0 Å². The molecule has 22 heavy (non-hydrogen) atoms. The summed E-state index contributed by atoms with van der Waals surface area (Å²) in [6, 6.07) is 7.01. The number of carboxylic acid groups (broad SMARTS) is 1. The van der Waals surface area contributed by atoms with Gasteiger partial charge >= 0.3 is 5.97 Å². The zero-order valence-corrected chi connectivity index (χ0v) is 13.8. The summed E-state index contributed by atoms with van der Waals surface area (Å²) in [4.78, 5) is 15.7. The van der Waals surface area contributed by atoms with E-state index in [1.54, 1.807) is 25.1 Å². The second-order valence-corrected chi connectivity index (χ2v) is 6.19. The van der Waals surface area contributed by atoms with Crippen LogP contribution in [0.25, 0.3) is 0 Å². The lowest BCUT2D eigenvalue weighted by Gasteiger charge is -2.11. The number of nitriles is 1. The number of halogens is 2. The predicted molar refractivity (Wildman–Crippen MR) is 85.8 cm³/mol. The van der Waals surface area contributed by atoms with E-state index in [0.29, 0.717) is 26.5 Å². The van der Waals surface area contributed by atoms with Crippen molar-refractivity contribution in [3.8, 4) is 6.07 Å². The SMILES string of the molecule is Cc1nc(SCC#N)n(Cc2cc(Cl)ccc2Cl)c1C(=O)O. The van der Waals surface area contributed by atoms with Crippen molar-refractivity contribution in [2.45, 2.75) is 18.6 Å². The van der Waals surface area contributed by atoms with Crippen molar-refractivity contribution in [1.29, 1.82) is 5.26 Å². The van der Waals surface area contributed by atoms with E-state index in [0.717, 1.165) is 0 Å². The molecule has 0 saturated carbocycles. The molecule has 1 aromatic heterocycles. The smallest absolute Gasteiger partial charge is 0.354 e. The number of benzene rings is 1. The molecule has 0 aliphatic heterocycles. The Kier molecular flexibility index (Phi) is 5.35. The van der Waals surface area contributed by atoms with E-state index in [1.165, 1.54) is 16.3 Å². The lowest BCUT2D eigenvalue weighted by atomic mass is 10.2. The number of hydrogen-bond donors (Lipinski definition) is 1. The number of thioether (sulfide) groups is 1. The van der Waals surface area contributed by atoms with Crippen LogP contribution in [0.2, 0.25) is 10.0 Å². The Balaban J connectivity index is 2.49. The average molecular weight is 356 g/mol. The molecule has 0 spiro atoms. The Morgan fingerprint density at radius 2 is 2.23 bits per heavy atom. The maximum Gasteiger partial charge on any atom is 0.354 e. The summed E-state index contributed by atoms with van der Waals surface area (Å²) in [6.45, 7) is 1.84. The average Bonchev–Trinajstić information content (AvgIpc) is 2.76. The fraction of sp³-hybridized carbons (Fsp3) is 0.214. The van der Waals surface area contributed by atoms with Gasteiger partial charge in [-0.1, -0.05) is 35.0 Å². The van der Waals surface area contributed by atoms with Crippen LogP contribution in [0.3, 0.4) is 0 Å². The minimum absolute atomic E-state index is 0.0801. The van der Waals surface area contributed by atoms with Crippen molar-refractivity contribution in [3.05, 3.63) is 45.2 Å². The normalized spacial score (nSPS) is 10.5. The zero-order chi connectivity index (χ0) is 16.3. The molecule has 2 rings (SSSR count). The summed E-state index contributed by atoms with van der Waals surface area (Å²) in [6.07, 6.45) is 0. The van der Waals surface area contributed by atoms with E-state index >= 15 is 0 Å². The maximum absolute atomic E-state index is 11.5. The van der Waals surface area contributed by atoms with Gasteiger partial charge in [-0.25, -0.2) is 9.78 Å². The van der Waals surface area contributed by atoms with Gasteiger partial charge in [0, 0.05) is 10.0 Å². The van der Waals surface area contributed by atoms with Crippen LogP contribution in [0.4, 0.5) is 0 Å². The first-order valence-electron chi connectivity index (χ1n) is 6.18. The molecule has 5 nitrogen and oxygen atoms in total. The van der Waals surface area contributed by atoms with Crippen LogP contribution in [0.15, 0.2) is 23.4 Å². The molecule has 2 aromatic rings. The maximum atomic E-state index is 11.5. The third-order valence-electron chi connectivity index (χ3n) is 2.91. The lowest BCUT2D eigenvalue weighted by molar-refractivity contribution is 0.0684. The van der Waals surface area contributed by atoms with Gasteiger partial charge in [-0.05, 0) is 30.7 Å². The highest BCUT2D eigenvalue weighted by Gasteiger charge is 2.21. The molecule has 1 heterocycles. The van der Waals surface area contributed by atoms with Gasteiger partial charge in [0.15, 0.2) is 10.9 Å². The molecule has 1 aromatic carbocycles. The third kappa shape index (κ3) is 3.55. The number of carbonyl (C=O) groups is 1. The number of rotatable bonds is 5. The quantitative estimate of drug-likeness (QED) is 0.823. The van der Waals surface area contributed by atoms with Crippen molar-refractivity contribution in [2.75, 3.05) is 5.75 Å². The van der Waals surface area contributed by atoms with E-state index < -0.39 is 5.97 Å². The highest BCUT2D eigenvalue weighted by atomic mass is 35.5. The van der Waals surface area contributed by atoms with E-state index in [9.17, 15) is 9.90 Å². The fourth-order valence-electron chi connectivity index (χ4n) is 2.01. The number of hydrogen-bond acceptors (Lipinski definition) is 4. The second-order valence-electron chi connectivity index (χ2n) is 4.40. The Morgan fingerprint density at radius 3 is 2.86 bits per heavy atom. The van der Waals surface area contributed by atoms with E-state index in [-0.39, 0.29) is 18.0 Å². The van der Waals surface area contributed by atoms with Gasteiger partial charge in [0.1, 0.15) is 0 Å². The molecule has 114 valence electrons. The molecular formula is C14H11Cl2N3O2S. The van der Waals surface area contributed by atoms with Crippen molar-refractivity contribution in [1.82, 2.24) is 9.55 Å². The minimum atomic E-state index is -1.08. The zero-order valence-electron chi connectivity index (χ0n) is 11.5. The van der Waals surface area contributed by atoms with Gasteiger partial charge in [-0.2, -0.15) is 5.26 Å². The molecule has 0 fully saturated rings. The van der Waals surface area contributed by atoms with E-state index in [1.807, 2.05) is 6.07 Å². The van der Waals surface area contributed by atoms with Crippen molar-refractivity contribution >= 4 is 40.9 Å². The molecule has 0 aliphatic rings. The summed E-state index contributed by atoms with van der Waals surface area (Å²) in [7, 11) is 0. The molecule has 8 heteroatoms. The summed E-state index contributed by atoms with van der Waals surface area (Å²) in [5, 5.41) is 19.6. The lowest BCUT2D eigenvalue weighted by Crippen LogP contribution is -2.12. The van der Waals surface area contributed by atoms with Gasteiger partial charge in [0.2, 0.25) is 0 Å². The topological polar surface area (TPSA) is 78.9 Å². The first-order valence-corrected chi connectivity index (χ1v) is 7.92. The minimum Gasteiger partial charge on any atom is -0.477 e. The number of aromatic nitrogens is 2.